The molecule has 0 aromatic carbocycles. The molecule has 6 rings (SSSR count). The van der Waals surface area contributed by atoms with Crippen molar-refractivity contribution in [2.75, 3.05) is 6.61 Å². The van der Waals surface area contributed by atoms with Crippen molar-refractivity contribution in [1.82, 2.24) is 0 Å². The zero-order valence-corrected chi connectivity index (χ0v) is 20.9. The largest absolute Gasteiger partial charge is 0.458 e. The number of cyclic esters (lactones) is 1. The van der Waals surface area contributed by atoms with Gasteiger partial charge in [-0.1, -0.05) is 38.5 Å². The lowest BCUT2D eigenvalue weighted by atomic mass is 9.44. The summed E-state index contributed by atoms with van der Waals surface area (Å²) in [6.07, 6.45) is 8.28. The van der Waals surface area contributed by atoms with Gasteiger partial charge in [-0.25, -0.2) is 4.79 Å². The molecule has 12 atom stereocenters. The van der Waals surface area contributed by atoms with Gasteiger partial charge in [0, 0.05) is 11.8 Å². The van der Waals surface area contributed by atoms with E-state index < -0.39 is 23.2 Å². The Hall–Kier alpha value is -1.21. The minimum Gasteiger partial charge on any atom is -0.458 e. The summed E-state index contributed by atoms with van der Waals surface area (Å²) >= 11 is 0. The Bertz CT molecular complexity index is 957. The van der Waals surface area contributed by atoms with Crippen LogP contribution in [0.15, 0.2) is 23.3 Å². The van der Waals surface area contributed by atoms with Crippen LogP contribution in [0, 0.1) is 40.4 Å². The van der Waals surface area contributed by atoms with Gasteiger partial charge in [0.1, 0.15) is 17.8 Å². The summed E-state index contributed by atoms with van der Waals surface area (Å²) in [5.74, 6) is 1.74. The average Bonchev–Trinajstić information content (AvgIpc) is 3.43. The molecule has 0 aromatic rings. The van der Waals surface area contributed by atoms with Crippen molar-refractivity contribution >= 4 is 5.97 Å². The van der Waals surface area contributed by atoms with Gasteiger partial charge in [0.25, 0.3) is 0 Å². The van der Waals surface area contributed by atoms with Crippen molar-refractivity contribution in [3.05, 3.63) is 23.3 Å². The van der Waals surface area contributed by atoms with Gasteiger partial charge in [0.2, 0.25) is 0 Å². The zero-order chi connectivity index (χ0) is 24.2. The Morgan fingerprint density at radius 2 is 1.85 bits per heavy atom. The van der Waals surface area contributed by atoms with E-state index in [0.29, 0.717) is 35.7 Å². The van der Waals surface area contributed by atoms with E-state index in [0.717, 1.165) is 37.7 Å². The number of hydrogen-bond donors (Lipinski definition) is 3. The van der Waals surface area contributed by atoms with E-state index in [1.165, 1.54) is 0 Å². The van der Waals surface area contributed by atoms with Gasteiger partial charge in [-0.05, 0) is 74.0 Å². The topological polar surface area (TPSA) is 99.5 Å². The van der Waals surface area contributed by atoms with E-state index in [9.17, 15) is 20.1 Å². The lowest BCUT2D eigenvalue weighted by Crippen LogP contribution is -2.64. The third-order valence-electron chi connectivity index (χ3n) is 11.8. The molecule has 6 nitrogen and oxygen atoms in total. The molecule has 34 heavy (non-hydrogen) atoms. The maximum Gasteiger partial charge on any atom is 0.336 e. The Kier molecular flexibility index (Phi) is 5.05. The van der Waals surface area contributed by atoms with Crippen LogP contribution in [-0.2, 0) is 14.3 Å². The van der Waals surface area contributed by atoms with Gasteiger partial charge in [0.15, 0.2) is 0 Å². The first-order valence-electron chi connectivity index (χ1n) is 13.3. The van der Waals surface area contributed by atoms with E-state index in [4.69, 9.17) is 9.47 Å². The highest BCUT2D eigenvalue weighted by Crippen LogP contribution is 2.73. The number of hydrogen-bond acceptors (Lipinski definition) is 6. The predicted molar refractivity (Wildman–Crippen MR) is 125 cm³/mol. The second kappa shape index (κ2) is 7.41. The van der Waals surface area contributed by atoms with Crippen molar-refractivity contribution in [2.24, 2.45) is 40.4 Å². The molecule has 6 heteroatoms. The van der Waals surface area contributed by atoms with Crippen LogP contribution in [0.2, 0.25) is 0 Å². The third-order valence-corrected chi connectivity index (χ3v) is 11.8. The van der Waals surface area contributed by atoms with Crippen LogP contribution in [0.1, 0.15) is 66.2 Å². The summed E-state index contributed by atoms with van der Waals surface area (Å²) in [4.78, 5) is 12.5. The van der Waals surface area contributed by atoms with Crippen LogP contribution >= 0.6 is 0 Å². The quantitative estimate of drug-likeness (QED) is 0.332. The number of ether oxygens (including phenoxy) is 2. The molecule has 0 amide bonds. The van der Waals surface area contributed by atoms with Gasteiger partial charge in [-0.2, -0.15) is 0 Å². The minimum absolute atomic E-state index is 0.0242. The van der Waals surface area contributed by atoms with E-state index in [-0.39, 0.29) is 36.1 Å². The summed E-state index contributed by atoms with van der Waals surface area (Å²) in [7, 11) is 0. The molecule has 4 fully saturated rings. The van der Waals surface area contributed by atoms with Crippen LogP contribution in [0.4, 0.5) is 0 Å². The highest BCUT2D eigenvalue weighted by Gasteiger charge is 2.79. The molecule has 3 N–H and O–H groups in total. The normalized spacial score (nSPS) is 54.5. The molecular weight excluding hydrogens is 432 g/mol. The number of rotatable bonds is 3. The fraction of sp³-hybridized carbons (Fsp3) is 0.821. The highest BCUT2D eigenvalue weighted by molar-refractivity contribution is 5.90. The van der Waals surface area contributed by atoms with Crippen LogP contribution in [0.3, 0.4) is 0 Å². The van der Waals surface area contributed by atoms with Crippen molar-refractivity contribution in [3.8, 4) is 0 Å². The molecule has 0 unspecified atom stereocenters. The van der Waals surface area contributed by atoms with Crippen LogP contribution in [0.25, 0.3) is 0 Å². The van der Waals surface area contributed by atoms with Gasteiger partial charge < -0.3 is 24.8 Å². The number of carbonyl (C=O) groups excluding carboxylic acids is 1. The van der Waals surface area contributed by atoms with Crippen LogP contribution in [-0.4, -0.2) is 57.9 Å². The lowest BCUT2D eigenvalue weighted by Gasteiger charge is -2.60. The van der Waals surface area contributed by atoms with Gasteiger partial charge >= 0.3 is 5.97 Å². The maximum absolute atomic E-state index is 12.5. The summed E-state index contributed by atoms with van der Waals surface area (Å²) in [6, 6.07) is 0. The fourth-order valence-corrected chi connectivity index (χ4v) is 9.88. The Morgan fingerprint density at radius 1 is 1.12 bits per heavy atom. The van der Waals surface area contributed by atoms with Gasteiger partial charge in [0.05, 0.1) is 24.4 Å². The standard InChI is InChI=1S/C28H40O6/c1-14-11-21(33-25(32)17(14)13-29)15(2)18-5-6-19-16-12-24-28(34-24)23(31)8-7-22(30)27(28,4)20(16)9-10-26(18,19)3/h7-8,15-16,18-24,29-31H,5-6,9-13H2,1-4H3/t15-,16-,18+,19-,20-,21+,22-,23-,24+,26+,27-,28+/m0/s1. The Labute approximate surface area is 202 Å². The van der Waals surface area contributed by atoms with E-state index in [1.807, 2.05) is 6.92 Å². The average molecular weight is 473 g/mol. The molecule has 0 radical (unpaired) electrons. The first kappa shape index (κ1) is 23.2. The molecular formula is C28H40O6. The van der Waals surface area contributed by atoms with E-state index in [1.54, 1.807) is 12.2 Å². The molecule has 3 saturated carbocycles. The molecule has 4 aliphatic carbocycles. The molecule has 188 valence electrons. The monoisotopic (exact) mass is 472 g/mol. The predicted octanol–water partition coefficient (Wildman–Crippen LogP) is 3.14. The summed E-state index contributed by atoms with van der Waals surface area (Å²) in [5, 5.41) is 31.6. The van der Waals surface area contributed by atoms with Crippen LogP contribution in [0.5, 0.6) is 0 Å². The van der Waals surface area contributed by atoms with Crippen molar-refractivity contribution < 1.29 is 29.6 Å². The third kappa shape index (κ3) is 2.69. The first-order valence-corrected chi connectivity index (χ1v) is 13.3. The summed E-state index contributed by atoms with van der Waals surface area (Å²) in [5.41, 5.74) is 0.471. The highest BCUT2D eigenvalue weighted by atomic mass is 16.6. The Balaban J connectivity index is 1.27. The number of aliphatic hydroxyl groups is 3. The number of carbonyl (C=O) groups is 1. The Morgan fingerprint density at radius 3 is 2.56 bits per heavy atom. The number of esters is 1. The van der Waals surface area contributed by atoms with Crippen molar-refractivity contribution in [2.45, 2.75) is 96.2 Å². The fourth-order valence-electron chi connectivity index (χ4n) is 9.88. The zero-order valence-electron chi connectivity index (χ0n) is 20.9. The second-order valence-corrected chi connectivity index (χ2v) is 12.7. The minimum atomic E-state index is -0.641. The SMILES string of the molecule is CC1=C(CO)C(=O)O[C@@H]([C@@H](C)[C@H]2CC[C@H]3[C@@H]4C[C@H]5O[C@]56[C@@H](O)C=C[C@H](O)[C@]6(C)[C@H]4CC[C@]23C)C1. The van der Waals surface area contributed by atoms with Crippen molar-refractivity contribution in [1.29, 1.82) is 0 Å². The smallest absolute Gasteiger partial charge is 0.336 e. The first-order chi connectivity index (χ1) is 16.1. The maximum atomic E-state index is 12.5. The summed E-state index contributed by atoms with van der Waals surface area (Å²) < 4.78 is 12.2. The molecule has 0 bridgehead atoms. The van der Waals surface area contributed by atoms with Crippen molar-refractivity contribution in [3.63, 3.8) is 0 Å². The number of fused-ring (bicyclic) bond motifs is 4. The van der Waals surface area contributed by atoms with E-state index >= 15 is 0 Å². The molecule has 6 aliphatic rings. The van der Waals surface area contributed by atoms with Gasteiger partial charge in [-0.3, -0.25) is 0 Å². The summed E-state index contributed by atoms with van der Waals surface area (Å²) in [6.45, 7) is 8.56. The number of aliphatic hydroxyl groups excluding tert-OH is 3. The lowest BCUT2D eigenvalue weighted by molar-refractivity contribution is -0.158. The second-order valence-electron chi connectivity index (χ2n) is 12.7. The molecule has 2 heterocycles. The molecule has 1 spiro atoms. The van der Waals surface area contributed by atoms with Crippen LogP contribution < -0.4 is 0 Å². The molecule has 2 aliphatic heterocycles. The molecule has 0 aromatic heterocycles. The van der Waals surface area contributed by atoms with Gasteiger partial charge in [-0.15, -0.1) is 0 Å². The number of epoxide rings is 1. The molecule has 1 saturated heterocycles. The van der Waals surface area contributed by atoms with E-state index in [2.05, 4.69) is 20.8 Å².